The Kier molecular flexibility index (Phi) is 4.77. The van der Waals surface area contributed by atoms with Crippen LogP contribution in [0.4, 0.5) is 10.1 Å². The van der Waals surface area contributed by atoms with E-state index in [1.807, 2.05) is 0 Å². The Labute approximate surface area is 117 Å². The summed E-state index contributed by atoms with van der Waals surface area (Å²) in [4.78, 5) is 12.2. The number of amides is 1. The fourth-order valence-corrected chi connectivity index (χ4v) is 2.65. The third-order valence-electron chi connectivity index (χ3n) is 3.59. The number of hydrogen-bond acceptors (Lipinski definition) is 2. The number of carbonyl (C=O) groups excluding carboxylic acids is 1. The van der Waals surface area contributed by atoms with Gasteiger partial charge in [0.2, 0.25) is 5.91 Å². The summed E-state index contributed by atoms with van der Waals surface area (Å²) in [7, 11) is 0. The highest BCUT2D eigenvalue weighted by atomic mass is 35.5. The summed E-state index contributed by atoms with van der Waals surface area (Å²) in [6.07, 6.45) is 4.81. The van der Waals surface area contributed by atoms with Gasteiger partial charge in [-0.05, 0) is 31.0 Å². The second kappa shape index (κ2) is 6.35. The highest BCUT2D eigenvalue weighted by molar-refractivity contribution is 6.33. The van der Waals surface area contributed by atoms with Crippen molar-refractivity contribution in [2.24, 2.45) is 11.7 Å². The predicted octanol–water partition coefficient (Wildman–Crippen LogP) is 3.33. The molecule has 1 fully saturated rings. The zero-order valence-electron chi connectivity index (χ0n) is 10.7. The van der Waals surface area contributed by atoms with Crippen molar-refractivity contribution >= 4 is 23.2 Å². The molecule has 0 spiro atoms. The molecule has 0 aliphatic heterocycles. The largest absolute Gasteiger partial charge is 0.327 e. The molecule has 0 aromatic heterocycles. The molecule has 19 heavy (non-hydrogen) atoms. The van der Waals surface area contributed by atoms with Crippen molar-refractivity contribution in [2.45, 2.75) is 38.1 Å². The summed E-state index contributed by atoms with van der Waals surface area (Å²) in [6, 6.07) is 3.78. The van der Waals surface area contributed by atoms with E-state index in [9.17, 15) is 9.18 Å². The van der Waals surface area contributed by atoms with Crippen LogP contribution in [0.15, 0.2) is 18.2 Å². The number of anilines is 1. The number of hydrogen-bond donors (Lipinski definition) is 2. The van der Waals surface area contributed by atoms with Gasteiger partial charge in [0.05, 0.1) is 16.6 Å². The summed E-state index contributed by atoms with van der Waals surface area (Å²) in [5, 5.41) is 3.02. The zero-order chi connectivity index (χ0) is 13.8. The van der Waals surface area contributed by atoms with Crippen molar-refractivity contribution in [3.8, 4) is 0 Å². The standard InChI is InChI=1S/C14H18ClFN2O/c15-11-7-6-9(16)8-13(11)18-14(19)10-4-2-1-3-5-12(10)17/h6-8,10,12H,1-5,17H2,(H,18,19). The fraction of sp³-hybridized carbons (Fsp3) is 0.500. The van der Waals surface area contributed by atoms with Gasteiger partial charge in [-0.15, -0.1) is 0 Å². The van der Waals surface area contributed by atoms with Gasteiger partial charge in [0.15, 0.2) is 0 Å². The summed E-state index contributed by atoms with van der Waals surface area (Å²) in [6.45, 7) is 0. The van der Waals surface area contributed by atoms with Crippen LogP contribution in [0.1, 0.15) is 32.1 Å². The van der Waals surface area contributed by atoms with Crippen LogP contribution in [0.2, 0.25) is 5.02 Å². The van der Waals surface area contributed by atoms with Gasteiger partial charge in [0, 0.05) is 6.04 Å². The topological polar surface area (TPSA) is 55.1 Å². The van der Waals surface area contributed by atoms with Gasteiger partial charge in [-0.2, -0.15) is 0 Å². The Hall–Kier alpha value is -1.13. The lowest BCUT2D eigenvalue weighted by molar-refractivity contribution is -0.120. The predicted molar refractivity (Wildman–Crippen MR) is 74.6 cm³/mol. The highest BCUT2D eigenvalue weighted by Gasteiger charge is 2.27. The molecule has 0 saturated heterocycles. The van der Waals surface area contributed by atoms with Crippen molar-refractivity contribution < 1.29 is 9.18 Å². The Morgan fingerprint density at radius 2 is 2.05 bits per heavy atom. The van der Waals surface area contributed by atoms with Crippen molar-refractivity contribution in [3.05, 3.63) is 29.0 Å². The molecule has 104 valence electrons. The van der Waals surface area contributed by atoms with Crippen LogP contribution >= 0.6 is 11.6 Å². The van der Waals surface area contributed by atoms with Gasteiger partial charge < -0.3 is 11.1 Å². The molecule has 2 atom stereocenters. The van der Waals surface area contributed by atoms with E-state index in [1.165, 1.54) is 18.2 Å². The fourth-order valence-electron chi connectivity index (χ4n) is 2.48. The molecule has 0 heterocycles. The molecule has 2 unspecified atom stereocenters. The normalized spacial score (nSPS) is 23.7. The van der Waals surface area contributed by atoms with Crippen LogP contribution in [-0.4, -0.2) is 11.9 Å². The lowest BCUT2D eigenvalue weighted by Gasteiger charge is -2.20. The first-order chi connectivity index (χ1) is 9.08. The van der Waals surface area contributed by atoms with E-state index in [4.69, 9.17) is 17.3 Å². The number of nitrogens with two attached hydrogens (primary N) is 1. The van der Waals surface area contributed by atoms with Gasteiger partial charge in [-0.25, -0.2) is 4.39 Å². The third kappa shape index (κ3) is 3.67. The second-order valence-corrected chi connectivity index (χ2v) is 5.43. The number of nitrogens with one attached hydrogen (secondary N) is 1. The van der Waals surface area contributed by atoms with Gasteiger partial charge in [-0.1, -0.05) is 30.9 Å². The molecule has 1 saturated carbocycles. The van der Waals surface area contributed by atoms with E-state index < -0.39 is 5.82 Å². The van der Waals surface area contributed by atoms with Gasteiger partial charge in [0.1, 0.15) is 5.82 Å². The summed E-state index contributed by atoms with van der Waals surface area (Å²) in [5.41, 5.74) is 6.34. The van der Waals surface area contributed by atoms with Crippen molar-refractivity contribution in [1.82, 2.24) is 0 Å². The van der Waals surface area contributed by atoms with Gasteiger partial charge >= 0.3 is 0 Å². The quantitative estimate of drug-likeness (QED) is 0.819. The molecular weight excluding hydrogens is 267 g/mol. The minimum atomic E-state index is -0.426. The molecule has 3 N–H and O–H groups in total. The van der Waals surface area contributed by atoms with Crippen LogP contribution in [0.5, 0.6) is 0 Å². The molecule has 5 heteroatoms. The van der Waals surface area contributed by atoms with Crippen molar-refractivity contribution in [2.75, 3.05) is 5.32 Å². The number of rotatable bonds is 2. The highest BCUT2D eigenvalue weighted by Crippen LogP contribution is 2.26. The molecule has 0 bridgehead atoms. The zero-order valence-corrected chi connectivity index (χ0v) is 11.4. The van der Waals surface area contributed by atoms with Crippen molar-refractivity contribution in [3.63, 3.8) is 0 Å². The van der Waals surface area contributed by atoms with Crippen LogP contribution in [0.3, 0.4) is 0 Å². The minimum Gasteiger partial charge on any atom is -0.327 e. The van der Waals surface area contributed by atoms with E-state index in [0.717, 1.165) is 32.1 Å². The maximum Gasteiger partial charge on any atom is 0.229 e. The molecule has 2 rings (SSSR count). The minimum absolute atomic E-state index is 0.130. The Balaban J connectivity index is 2.09. The molecule has 1 aliphatic rings. The van der Waals surface area contributed by atoms with E-state index in [0.29, 0.717) is 10.7 Å². The molecule has 1 aromatic rings. The average Bonchev–Trinajstić information content (AvgIpc) is 2.58. The molecule has 1 aromatic carbocycles. The molecule has 1 amide bonds. The number of halogens is 2. The van der Waals surface area contributed by atoms with Gasteiger partial charge in [-0.3, -0.25) is 4.79 Å². The average molecular weight is 285 g/mol. The Morgan fingerprint density at radius 1 is 1.32 bits per heavy atom. The number of carbonyl (C=O) groups is 1. The molecule has 3 nitrogen and oxygen atoms in total. The van der Waals surface area contributed by atoms with Crippen molar-refractivity contribution in [1.29, 1.82) is 0 Å². The van der Waals surface area contributed by atoms with Crippen LogP contribution in [0, 0.1) is 11.7 Å². The summed E-state index contributed by atoms with van der Waals surface area (Å²) < 4.78 is 13.1. The van der Waals surface area contributed by atoms with E-state index in [2.05, 4.69) is 5.32 Å². The maximum absolute atomic E-state index is 13.1. The molecule has 0 radical (unpaired) electrons. The van der Waals surface area contributed by atoms with Gasteiger partial charge in [0.25, 0.3) is 0 Å². The monoisotopic (exact) mass is 284 g/mol. The molecule has 1 aliphatic carbocycles. The number of benzene rings is 1. The summed E-state index contributed by atoms with van der Waals surface area (Å²) in [5.74, 6) is -0.811. The van der Waals surface area contributed by atoms with Crippen LogP contribution < -0.4 is 11.1 Å². The SMILES string of the molecule is NC1CCCCCC1C(=O)Nc1cc(F)ccc1Cl. The molecular formula is C14H18ClFN2O. The summed E-state index contributed by atoms with van der Waals surface area (Å²) >= 11 is 5.94. The third-order valence-corrected chi connectivity index (χ3v) is 3.92. The maximum atomic E-state index is 13.1. The second-order valence-electron chi connectivity index (χ2n) is 5.02. The van der Waals surface area contributed by atoms with E-state index in [-0.39, 0.29) is 17.9 Å². The Bertz CT molecular complexity index is 467. The first kappa shape index (κ1) is 14.3. The first-order valence-corrected chi connectivity index (χ1v) is 6.97. The lowest BCUT2D eigenvalue weighted by Crippen LogP contribution is -2.37. The van der Waals surface area contributed by atoms with Crippen LogP contribution in [-0.2, 0) is 4.79 Å². The lowest BCUT2D eigenvalue weighted by atomic mass is 9.94. The van der Waals surface area contributed by atoms with E-state index >= 15 is 0 Å². The Morgan fingerprint density at radius 3 is 2.84 bits per heavy atom. The van der Waals surface area contributed by atoms with E-state index in [1.54, 1.807) is 0 Å². The first-order valence-electron chi connectivity index (χ1n) is 6.59. The smallest absolute Gasteiger partial charge is 0.229 e. The van der Waals surface area contributed by atoms with Crippen LogP contribution in [0.25, 0.3) is 0 Å².